The van der Waals surface area contributed by atoms with Crippen molar-refractivity contribution in [2.24, 2.45) is 5.92 Å². The lowest BCUT2D eigenvalue weighted by Gasteiger charge is -2.32. The number of aromatic nitrogens is 1. The molecule has 3 rings (SSSR count). The molecule has 1 saturated heterocycles. The van der Waals surface area contributed by atoms with Crippen LogP contribution in [0.5, 0.6) is 0 Å². The number of amides is 1. The zero-order valence-corrected chi connectivity index (χ0v) is 13.3. The zero-order chi connectivity index (χ0) is 16.2. The molecule has 2 heterocycles. The lowest BCUT2D eigenvalue weighted by Crippen LogP contribution is -2.39. The van der Waals surface area contributed by atoms with Crippen molar-refractivity contribution in [2.75, 3.05) is 13.1 Å². The molecule has 5 heteroatoms. The van der Waals surface area contributed by atoms with Gasteiger partial charge in [0.05, 0.1) is 5.69 Å². The van der Waals surface area contributed by atoms with Crippen LogP contribution >= 0.6 is 0 Å². The smallest absolute Gasteiger partial charge is 0.292 e. The number of carbonyl (C=O) groups excluding carboxylic acids is 1. The summed E-state index contributed by atoms with van der Waals surface area (Å²) in [6.45, 7) is 3.33. The first-order valence-corrected chi connectivity index (χ1v) is 8.09. The van der Waals surface area contributed by atoms with Gasteiger partial charge in [-0.2, -0.15) is 0 Å². The monoisotopic (exact) mass is 316 g/mol. The number of piperidine rings is 1. The van der Waals surface area contributed by atoms with E-state index in [9.17, 15) is 9.18 Å². The molecule has 1 atom stereocenters. The zero-order valence-electron chi connectivity index (χ0n) is 13.3. The number of carbonyl (C=O) groups is 1. The van der Waals surface area contributed by atoms with E-state index in [1.807, 2.05) is 24.0 Å². The molecule has 1 aromatic heterocycles. The molecule has 2 aromatic rings. The number of nitrogens with zero attached hydrogens (tertiary/aromatic N) is 2. The Morgan fingerprint density at radius 3 is 2.87 bits per heavy atom. The third-order valence-electron chi connectivity index (χ3n) is 4.40. The fraction of sp³-hybridized carbons (Fsp3) is 0.444. The van der Waals surface area contributed by atoms with E-state index in [1.165, 1.54) is 12.1 Å². The van der Waals surface area contributed by atoms with Crippen LogP contribution < -0.4 is 0 Å². The molecule has 1 fully saturated rings. The second-order valence-electron chi connectivity index (χ2n) is 6.26. The van der Waals surface area contributed by atoms with Crippen molar-refractivity contribution in [3.05, 3.63) is 53.2 Å². The molecule has 1 unspecified atom stereocenters. The molecular weight excluding hydrogens is 295 g/mol. The van der Waals surface area contributed by atoms with Gasteiger partial charge in [-0.3, -0.25) is 4.79 Å². The molecule has 4 nitrogen and oxygen atoms in total. The van der Waals surface area contributed by atoms with E-state index >= 15 is 0 Å². The molecule has 1 aliphatic rings. The Morgan fingerprint density at radius 1 is 1.39 bits per heavy atom. The van der Waals surface area contributed by atoms with E-state index in [0.29, 0.717) is 11.7 Å². The highest BCUT2D eigenvalue weighted by molar-refractivity contribution is 5.91. The Hall–Kier alpha value is -2.17. The van der Waals surface area contributed by atoms with Gasteiger partial charge >= 0.3 is 0 Å². The first-order valence-electron chi connectivity index (χ1n) is 8.09. The molecule has 23 heavy (non-hydrogen) atoms. The molecule has 0 saturated carbocycles. The summed E-state index contributed by atoms with van der Waals surface area (Å²) < 4.78 is 18.0. The van der Waals surface area contributed by atoms with E-state index in [-0.39, 0.29) is 11.7 Å². The van der Waals surface area contributed by atoms with Crippen LogP contribution in [0.1, 0.15) is 41.1 Å². The van der Waals surface area contributed by atoms with Gasteiger partial charge in [-0.1, -0.05) is 17.3 Å². The second-order valence-corrected chi connectivity index (χ2v) is 6.26. The van der Waals surface area contributed by atoms with Gasteiger partial charge in [-0.25, -0.2) is 4.39 Å². The molecule has 1 amide bonds. The van der Waals surface area contributed by atoms with E-state index in [4.69, 9.17) is 4.52 Å². The third-order valence-corrected chi connectivity index (χ3v) is 4.40. The SMILES string of the molecule is Cc1cc(C(=O)N2CCCC(CCc3ccc(F)cc3)C2)on1. The van der Waals surface area contributed by atoms with Gasteiger partial charge in [0.1, 0.15) is 5.82 Å². The summed E-state index contributed by atoms with van der Waals surface area (Å²) in [4.78, 5) is 14.3. The van der Waals surface area contributed by atoms with Crippen LogP contribution in [0.2, 0.25) is 0 Å². The van der Waals surface area contributed by atoms with Crippen LogP contribution in [0.3, 0.4) is 0 Å². The Kier molecular flexibility index (Phi) is 4.74. The van der Waals surface area contributed by atoms with Crippen LogP contribution in [0.4, 0.5) is 4.39 Å². The van der Waals surface area contributed by atoms with Crippen LogP contribution in [-0.2, 0) is 6.42 Å². The highest BCUT2D eigenvalue weighted by Gasteiger charge is 2.26. The number of likely N-dealkylation sites (tertiary alicyclic amines) is 1. The van der Waals surface area contributed by atoms with Gasteiger partial charge in [0.15, 0.2) is 0 Å². The Bertz CT molecular complexity index is 666. The van der Waals surface area contributed by atoms with Gasteiger partial charge in [-0.05, 0) is 56.2 Å². The van der Waals surface area contributed by atoms with Crippen LogP contribution in [0.25, 0.3) is 0 Å². The van der Waals surface area contributed by atoms with E-state index in [1.54, 1.807) is 6.07 Å². The van der Waals surface area contributed by atoms with Gasteiger partial charge in [0, 0.05) is 19.2 Å². The number of aryl methyl sites for hydroxylation is 2. The minimum Gasteiger partial charge on any atom is -0.351 e. The summed E-state index contributed by atoms with van der Waals surface area (Å²) in [6.07, 6.45) is 4.05. The predicted octanol–water partition coefficient (Wildman–Crippen LogP) is 3.61. The normalized spacial score (nSPS) is 18.2. The van der Waals surface area contributed by atoms with Crippen LogP contribution in [0, 0.1) is 18.7 Å². The maximum absolute atomic E-state index is 12.9. The average Bonchev–Trinajstić information content (AvgIpc) is 3.00. The van der Waals surface area contributed by atoms with Crippen molar-refractivity contribution in [3.63, 3.8) is 0 Å². The first-order chi connectivity index (χ1) is 11.1. The molecule has 122 valence electrons. The van der Waals surface area contributed by atoms with E-state index in [0.717, 1.165) is 50.0 Å². The quantitative estimate of drug-likeness (QED) is 0.865. The molecule has 0 radical (unpaired) electrons. The first kappa shape index (κ1) is 15.7. The maximum Gasteiger partial charge on any atom is 0.292 e. The molecular formula is C18H21FN2O2. The van der Waals surface area contributed by atoms with Crippen molar-refractivity contribution in [3.8, 4) is 0 Å². The third kappa shape index (κ3) is 3.97. The van der Waals surface area contributed by atoms with Crippen molar-refractivity contribution >= 4 is 5.91 Å². The maximum atomic E-state index is 12.9. The van der Waals surface area contributed by atoms with Crippen molar-refractivity contribution < 1.29 is 13.7 Å². The highest BCUT2D eigenvalue weighted by Crippen LogP contribution is 2.23. The molecule has 0 spiro atoms. The Labute approximate surface area is 135 Å². The van der Waals surface area contributed by atoms with E-state index < -0.39 is 0 Å². The largest absolute Gasteiger partial charge is 0.351 e. The summed E-state index contributed by atoms with van der Waals surface area (Å²) in [5.41, 5.74) is 1.86. The van der Waals surface area contributed by atoms with Gasteiger partial charge in [0.25, 0.3) is 5.91 Å². The standard InChI is InChI=1S/C18H21FN2O2/c1-13-11-17(23-20-13)18(22)21-10-2-3-15(12-21)5-4-14-6-8-16(19)9-7-14/h6-9,11,15H,2-5,10,12H2,1H3. The molecule has 1 aliphatic heterocycles. The summed E-state index contributed by atoms with van der Waals surface area (Å²) in [5, 5.41) is 3.78. The number of hydrogen-bond acceptors (Lipinski definition) is 3. The summed E-state index contributed by atoms with van der Waals surface area (Å²) in [6, 6.07) is 8.35. The topological polar surface area (TPSA) is 46.3 Å². The molecule has 0 N–H and O–H groups in total. The lowest BCUT2D eigenvalue weighted by atomic mass is 9.91. The van der Waals surface area contributed by atoms with Gasteiger partial charge < -0.3 is 9.42 Å². The number of hydrogen-bond donors (Lipinski definition) is 0. The summed E-state index contributed by atoms with van der Waals surface area (Å²) in [5.74, 6) is 0.520. The van der Waals surface area contributed by atoms with E-state index in [2.05, 4.69) is 5.16 Å². The van der Waals surface area contributed by atoms with Crippen LogP contribution in [0.15, 0.2) is 34.9 Å². The lowest BCUT2D eigenvalue weighted by molar-refractivity contribution is 0.0626. The van der Waals surface area contributed by atoms with Crippen molar-refractivity contribution in [2.45, 2.75) is 32.6 Å². The minimum atomic E-state index is -0.203. The van der Waals surface area contributed by atoms with Gasteiger partial charge in [-0.15, -0.1) is 0 Å². The van der Waals surface area contributed by atoms with Gasteiger partial charge in [0.2, 0.25) is 5.76 Å². The summed E-state index contributed by atoms with van der Waals surface area (Å²) >= 11 is 0. The summed E-state index contributed by atoms with van der Waals surface area (Å²) in [7, 11) is 0. The average molecular weight is 316 g/mol. The highest BCUT2D eigenvalue weighted by atomic mass is 19.1. The number of halogens is 1. The van der Waals surface area contributed by atoms with Crippen LogP contribution in [-0.4, -0.2) is 29.1 Å². The molecule has 0 aliphatic carbocycles. The van der Waals surface area contributed by atoms with Crippen molar-refractivity contribution in [1.82, 2.24) is 10.1 Å². The minimum absolute atomic E-state index is 0.0721. The molecule has 0 bridgehead atoms. The predicted molar refractivity (Wildman–Crippen MR) is 84.6 cm³/mol. The Balaban J connectivity index is 1.55. The fourth-order valence-electron chi connectivity index (χ4n) is 3.13. The fourth-order valence-corrected chi connectivity index (χ4v) is 3.13. The van der Waals surface area contributed by atoms with Crippen molar-refractivity contribution in [1.29, 1.82) is 0 Å². The number of rotatable bonds is 4. The number of benzene rings is 1. The Morgan fingerprint density at radius 2 is 2.17 bits per heavy atom. The molecule has 1 aromatic carbocycles. The second kappa shape index (κ2) is 6.94.